The molecule has 6 nitrogen and oxygen atoms in total. The molecule has 7 heteroatoms. The van der Waals surface area contributed by atoms with Gasteiger partial charge in [0, 0.05) is 17.2 Å². The van der Waals surface area contributed by atoms with E-state index in [9.17, 15) is 4.79 Å². The van der Waals surface area contributed by atoms with Gasteiger partial charge < -0.3 is 9.84 Å². The molecule has 3 rings (SSSR count). The Hall–Kier alpha value is -2.54. The molecule has 0 bridgehead atoms. The highest BCUT2D eigenvalue weighted by molar-refractivity contribution is 7.09. The van der Waals surface area contributed by atoms with Gasteiger partial charge in [0.2, 0.25) is 11.8 Å². The van der Waals surface area contributed by atoms with Gasteiger partial charge in [-0.25, -0.2) is 4.98 Å². The molecule has 0 saturated heterocycles. The van der Waals surface area contributed by atoms with Crippen molar-refractivity contribution in [2.75, 3.05) is 0 Å². The van der Waals surface area contributed by atoms with Crippen LogP contribution in [0.15, 0.2) is 40.2 Å². The topological polar surface area (TPSA) is 80.9 Å². The van der Waals surface area contributed by atoms with Crippen LogP contribution in [0, 0.1) is 0 Å². The van der Waals surface area contributed by atoms with Gasteiger partial charge in [-0.15, -0.1) is 11.3 Å². The lowest BCUT2D eigenvalue weighted by Crippen LogP contribution is -2.42. The number of amides is 1. The molecule has 0 aliphatic rings. The second kappa shape index (κ2) is 7.83. The minimum atomic E-state index is -0.729. The van der Waals surface area contributed by atoms with Crippen LogP contribution < -0.4 is 5.32 Å². The molecule has 0 saturated carbocycles. The lowest BCUT2D eigenvalue weighted by Gasteiger charge is -2.22. The Bertz CT molecular complexity index is 939. The van der Waals surface area contributed by atoms with E-state index in [0.29, 0.717) is 11.7 Å². The molecule has 2 heterocycles. The number of nitrogens with one attached hydrogen (secondary N) is 1. The van der Waals surface area contributed by atoms with E-state index in [-0.39, 0.29) is 17.7 Å². The number of thiazole rings is 1. The molecule has 0 unspecified atom stereocenters. The fraction of sp³-hybridized carbons (Fsp3) is 0.429. The number of hydrogen-bond acceptors (Lipinski definition) is 6. The largest absolute Gasteiger partial charge is 0.343 e. The third-order valence-electron chi connectivity index (χ3n) is 4.22. The first-order valence-electron chi connectivity index (χ1n) is 9.26. The van der Waals surface area contributed by atoms with Crippen LogP contribution in [-0.2, 0) is 28.6 Å². The predicted octanol–water partition coefficient (Wildman–Crippen LogP) is 4.01. The molecule has 1 amide bonds. The summed E-state index contributed by atoms with van der Waals surface area (Å²) in [6.45, 7) is 9.75. The summed E-state index contributed by atoms with van der Waals surface area (Å²) in [5.74, 6) is 0.896. The van der Waals surface area contributed by atoms with E-state index in [4.69, 9.17) is 4.52 Å². The first kappa shape index (κ1) is 20.2. The zero-order chi connectivity index (χ0) is 20.4. The van der Waals surface area contributed by atoms with Crippen molar-refractivity contribution in [1.29, 1.82) is 0 Å². The molecule has 28 heavy (non-hydrogen) atoms. The average Bonchev–Trinajstić information content (AvgIpc) is 3.25. The van der Waals surface area contributed by atoms with Gasteiger partial charge in [0.05, 0.1) is 22.7 Å². The molecule has 0 aliphatic heterocycles. The number of carbonyl (C=O) groups excluding carboxylic acids is 1. The summed E-state index contributed by atoms with van der Waals surface area (Å²) in [4.78, 5) is 21.6. The van der Waals surface area contributed by atoms with Gasteiger partial charge in [0.1, 0.15) is 0 Å². The Morgan fingerprint density at radius 2 is 1.82 bits per heavy atom. The molecule has 3 aromatic rings. The number of aromatic nitrogens is 3. The van der Waals surface area contributed by atoms with E-state index in [1.165, 1.54) is 5.56 Å². The first-order valence-corrected chi connectivity index (χ1v) is 10.1. The summed E-state index contributed by atoms with van der Waals surface area (Å²) < 4.78 is 5.35. The second-order valence-corrected chi connectivity index (χ2v) is 9.36. The quantitative estimate of drug-likeness (QED) is 0.678. The van der Waals surface area contributed by atoms with Gasteiger partial charge in [-0.3, -0.25) is 4.79 Å². The minimum absolute atomic E-state index is 0.122. The third kappa shape index (κ3) is 5.04. The Kier molecular flexibility index (Phi) is 5.65. The van der Waals surface area contributed by atoms with Crippen molar-refractivity contribution >= 4 is 17.2 Å². The number of carbonyl (C=O) groups is 1. The molecule has 0 fully saturated rings. The van der Waals surface area contributed by atoms with Crippen LogP contribution in [0.1, 0.15) is 62.6 Å². The number of nitrogens with zero attached hydrogens (tertiary/aromatic N) is 3. The molecule has 148 valence electrons. The van der Waals surface area contributed by atoms with Crippen molar-refractivity contribution in [3.63, 3.8) is 0 Å². The number of rotatable bonds is 6. The SMILES string of the molecule is CC(C)(C)c1nc(C(C)(C)NC(=O)Cc2csc(Cc3ccccc3)n2)no1. The van der Waals surface area contributed by atoms with Crippen molar-refractivity contribution in [2.24, 2.45) is 0 Å². The monoisotopic (exact) mass is 398 g/mol. The third-order valence-corrected chi connectivity index (χ3v) is 5.12. The molecular weight excluding hydrogens is 372 g/mol. The van der Waals surface area contributed by atoms with E-state index in [1.807, 2.05) is 58.2 Å². The second-order valence-electron chi connectivity index (χ2n) is 8.42. The van der Waals surface area contributed by atoms with E-state index < -0.39 is 5.54 Å². The number of hydrogen-bond donors (Lipinski definition) is 1. The van der Waals surface area contributed by atoms with Gasteiger partial charge in [0.25, 0.3) is 0 Å². The van der Waals surface area contributed by atoms with Crippen molar-refractivity contribution in [3.05, 3.63) is 63.7 Å². The van der Waals surface area contributed by atoms with Crippen LogP contribution in [0.2, 0.25) is 0 Å². The van der Waals surface area contributed by atoms with Gasteiger partial charge in [-0.05, 0) is 19.4 Å². The summed E-state index contributed by atoms with van der Waals surface area (Å²) in [7, 11) is 0. The van der Waals surface area contributed by atoms with Crippen molar-refractivity contribution in [1.82, 2.24) is 20.4 Å². The fourth-order valence-corrected chi connectivity index (χ4v) is 3.50. The zero-order valence-corrected chi connectivity index (χ0v) is 17.8. The summed E-state index contributed by atoms with van der Waals surface area (Å²) in [5.41, 5.74) is 1.02. The lowest BCUT2D eigenvalue weighted by molar-refractivity contribution is -0.122. The standard InChI is InChI=1S/C21H26N4O2S/c1-20(2,3)19-23-18(25-27-19)21(4,5)24-16(26)12-15-13-28-17(22-15)11-14-9-7-6-8-10-14/h6-10,13H,11-12H2,1-5H3,(H,24,26). The van der Waals surface area contributed by atoms with Crippen LogP contribution in [0.3, 0.4) is 0 Å². The minimum Gasteiger partial charge on any atom is -0.343 e. The molecule has 0 atom stereocenters. The zero-order valence-electron chi connectivity index (χ0n) is 16.9. The van der Waals surface area contributed by atoms with E-state index in [2.05, 4.69) is 32.6 Å². The molecule has 0 radical (unpaired) electrons. The molecule has 1 aromatic carbocycles. The first-order chi connectivity index (χ1) is 13.1. The highest BCUT2D eigenvalue weighted by Gasteiger charge is 2.31. The molecular formula is C21H26N4O2S. The van der Waals surface area contributed by atoms with Crippen molar-refractivity contribution < 1.29 is 9.32 Å². The number of benzene rings is 1. The Labute approximate surface area is 169 Å². The molecule has 0 aliphatic carbocycles. The molecule has 2 aromatic heterocycles. The van der Waals surface area contributed by atoms with Gasteiger partial charge >= 0.3 is 0 Å². The molecule has 0 spiro atoms. The maximum absolute atomic E-state index is 12.5. The Balaban J connectivity index is 1.61. The summed E-state index contributed by atoms with van der Waals surface area (Å²) in [5, 5.41) is 9.98. The molecule has 1 N–H and O–H groups in total. The highest BCUT2D eigenvalue weighted by Crippen LogP contribution is 2.24. The normalized spacial score (nSPS) is 12.2. The van der Waals surface area contributed by atoms with Crippen LogP contribution in [0.4, 0.5) is 0 Å². The average molecular weight is 399 g/mol. The Morgan fingerprint density at radius 3 is 2.46 bits per heavy atom. The summed E-state index contributed by atoms with van der Waals surface area (Å²) in [6, 6.07) is 10.2. The maximum atomic E-state index is 12.5. The van der Waals surface area contributed by atoms with Gasteiger partial charge in [-0.1, -0.05) is 56.3 Å². The fourth-order valence-electron chi connectivity index (χ4n) is 2.68. The van der Waals surface area contributed by atoms with Crippen LogP contribution in [0.5, 0.6) is 0 Å². The summed E-state index contributed by atoms with van der Waals surface area (Å²) >= 11 is 1.58. The summed E-state index contributed by atoms with van der Waals surface area (Å²) in [6.07, 6.45) is 0.996. The highest BCUT2D eigenvalue weighted by atomic mass is 32.1. The smallest absolute Gasteiger partial charge is 0.232 e. The lowest BCUT2D eigenvalue weighted by atomic mass is 9.97. The van der Waals surface area contributed by atoms with E-state index >= 15 is 0 Å². The van der Waals surface area contributed by atoms with Crippen LogP contribution in [0.25, 0.3) is 0 Å². The van der Waals surface area contributed by atoms with E-state index in [1.54, 1.807) is 11.3 Å². The van der Waals surface area contributed by atoms with E-state index in [0.717, 1.165) is 17.1 Å². The van der Waals surface area contributed by atoms with Crippen LogP contribution in [-0.4, -0.2) is 21.0 Å². The predicted molar refractivity (Wildman–Crippen MR) is 109 cm³/mol. The maximum Gasteiger partial charge on any atom is 0.232 e. The van der Waals surface area contributed by atoms with Crippen molar-refractivity contribution in [2.45, 2.75) is 58.4 Å². The van der Waals surface area contributed by atoms with Gasteiger partial charge in [0.15, 0.2) is 5.82 Å². The van der Waals surface area contributed by atoms with Gasteiger partial charge in [-0.2, -0.15) is 4.98 Å². The van der Waals surface area contributed by atoms with Crippen LogP contribution >= 0.6 is 11.3 Å². The van der Waals surface area contributed by atoms with Crippen molar-refractivity contribution in [3.8, 4) is 0 Å². The Morgan fingerprint density at radius 1 is 1.11 bits per heavy atom.